The number of rotatable bonds is 2. The molecule has 6 heteroatoms. The number of hydrogen-bond acceptors (Lipinski definition) is 3. The fourth-order valence-corrected chi connectivity index (χ4v) is 2.60. The van der Waals surface area contributed by atoms with E-state index < -0.39 is 0 Å². The van der Waals surface area contributed by atoms with Gasteiger partial charge in [-0.15, -0.1) is 0 Å². The average molecular weight is 285 g/mol. The molecule has 1 aromatic heterocycles. The Balaban J connectivity index is 1.97. The Labute approximate surface area is 114 Å². The van der Waals surface area contributed by atoms with Crippen molar-refractivity contribution in [2.45, 2.75) is 12.6 Å². The number of hydrogen-bond donors (Lipinski definition) is 1. The summed E-state index contributed by atoms with van der Waals surface area (Å²) in [4.78, 5) is 3.17. The van der Waals surface area contributed by atoms with Gasteiger partial charge in [0.05, 0.1) is 43.5 Å². The second-order valence-electron chi connectivity index (χ2n) is 4.27. The molecule has 1 aliphatic heterocycles. The number of fused-ring (bicyclic) bond motifs is 1. The number of aromatic amines is 1. The summed E-state index contributed by atoms with van der Waals surface area (Å²) < 4.78 is 13.7. The van der Waals surface area contributed by atoms with Crippen LogP contribution < -0.4 is 0 Å². The number of ether oxygens (including phenoxy) is 2. The molecule has 1 aliphatic rings. The summed E-state index contributed by atoms with van der Waals surface area (Å²) in [6, 6.07) is 5.69. The highest BCUT2D eigenvalue weighted by Gasteiger charge is 2.16. The van der Waals surface area contributed by atoms with E-state index in [0.717, 1.165) is 11.0 Å². The molecule has 1 aromatic carbocycles. The Bertz CT molecular complexity index is 616. The van der Waals surface area contributed by atoms with Crippen LogP contribution in [0.25, 0.3) is 11.0 Å². The first-order valence-electron chi connectivity index (χ1n) is 5.81. The van der Waals surface area contributed by atoms with E-state index in [1.54, 1.807) is 0 Å². The third-order valence-electron chi connectivity index (χ3n) is 3.01. The van der Waals surface area contributed by atoms with Gasteiger partial charge in [-0.3, -0.25) is 0 Å². The van der Waals surface area contributed by atoms with E-state index in [9.17, 15) is 0 Å². The lowest BCUT2D eigenvalue weighted by Gasteiger charge is -2.23. The maximum atomic E-state index is 6.03. The van der Waals surface area contributed by atoms with Gasteiger partial charge in [0.2, 0.25) is 0 Å². The number of benzene rings is 1. The zero-order chi connectivity index (χ0) is 12.5. The van der Waals surface area contributed by atoms with Crippen molar-refractivity contribution in [2.75, 3.05) is 19.8 Å². The van der Waals surface area contributed by atoms with Crippen LogP contribution in [0.1, 0.15) is 0 Å². The molecule has 1 saturated heterocycles. The Morgan fingerprint density at radius 3 is 3.11 bits per heavy atom. The monoisotopic (exact) mass is 284 g/mol. The predicted molar refractivity (Wildman–Crippen MR) is 72.7 cm³/mol. The molecule has 3 rings (SSSR count). The number of H-pyrrole nitrogens is 1. The first kappa shape index (κ1) is 12.2. The van der Waals surface area contributed by atoms with E-state index in [4.69, 9.17) is 33.3 Å². The molecule has 0 bridgehead atoms. The second-order valence-corrected chi connectivity index (χ2v) is 5.09. The molecule has 2 aromatic rings. The zero-order valence-corrected chi connectivity index (χ0v) is 11.3. The van der Waals surface area contributed by atoms with Gasteiger partial charge in [-0.1, -0.05) is 11.6 Å². The number of halogens is 1. The van der Waals surface area contributed by atoms with Gasteiger partial charge in [-0.2, -0.15) is 0 Å². The van der Waals surface area contributed by atoms with Gasteiger partial charge >= 0.3 is 0 Å². The van der Waals surface area contributed by atoms with Crippen LogP contribution in [0, 0.1) is 4.77 Å². The first-order chi connectivity index (χ1) is 8.74. The molecule has 0 spiro atoms. The van der Waals surface area contributed by atoms with E-state index in [-0.39, 0.29) is 6.10 Å². The molecule has 1 unspecified atom stereocenters. The zero-order valence-electron chi connectivity index (χ0n) is 9.69. The van der Waals surface area contributed by atoms with Crippen LogP contribution in [0.15, 0.2) is 18.2 Å². The minimum absolute atomic E-state index is 0.0448. The summed E-state index contributed by atoms with van der Waals surface area (Å²) in [5.74, 6) is 0. The van der Waals surface area contributed by atoms with Crippen molar-refractivity contribution in [3.05, 3.63) is 28.0 Å². The molecule has 2 heterocycles. The van der Waals surface area contributed by atoms with Crippen molar-refractivity contribution in [1.82, 2.24) is 9.55 Å². The maximum Gasteiger partial charge on any atom is 0.178 e. The predicted octanol–water partition coefficient (Wildman–Crippen LogP) is 2.77. The van der Waals surface area contributed by atoms with Gasteiger partial charge in [-0.05, 0) is 30.4 Å². The summed E-state index contributed by atoms with van der Waals surface area (Å²) in [5, 5.41) is 0.700. The molecular weight excluding hydrogens is 272 g/mol. The van der Waals surface area contributed by atoms with Crippen molar-refractivity contribution in [2.24, 2.45) is 0 Å². The summed E-state index contributed by atoms with van der Waals surface area (Å²) in [6.07, 6.45) is 0.0448. The minimum atomic E-state index is 0.0448. The molecule has 1 fully saturated rings. The molecule has 0 amide bonds. The van der Waals surface area contributed by atoms with Gasteiger partial charge in [-0.25, -0.2) is 0 Å². The molecule has 4 nitrogen and oxygen atoms in total. The first-order valence-corrected chi connectivity index (χ1v) is 6.60. The average Bonchev–Trinajstić information content (AvgIpc) is 2.67. The Hall–Kier alpha value is -0.880. The van der Waals surface area contributed by atoms with E-state index in [1.807, 2.05) is 22.8 Å². The number of aromatic nitrogens is 2. The van der Waals surface area contributed by atoms with Crippen LogP contribution in [0.3, 0.4) is 0 Å². The number of nitrogens with one attached hydrogen (secondary N) is 1. The second kappa shape index (κ2) is 5.01. The molecular formula is C12H13ClN2O2S. The summed E-state index contributed by atoms with van der Waals surface area (Å²) in [7, 11) is 0. The van der Waals surface area contributed by atoms with E-state index in [0.29, 0.717) is 36.2 Å². The van der Waals surface area contributed by atoms with Gasteiger partial charge < -0.3 is 19.0 Å². The fourth-order valence-electron chi connectivity index (χ4n) is 2.15. The quantitative estimate of drug-likeness (QED) is 0.862. The van der Waals surface area contributed by atoms with Crippen molar-refractivity contribution in [1.29, 1.82) is 0 Å². The van der Waals surface area contributed by atoms with Gasteiger partial charge in [0.1, 0.15) is 0 Å². The highest BCUT2D eigenvalue weighted by Crippen LogP contribution is 2.20. The van der Waals surface area contributed by atoms with E-state index in [1.165, 1.54) is 0 Å². The lowest BCUT2D eigenvalue weighted by Crippen LogP contribution is -2.32. The van der Waals surface area contributed by atoms with Crippen molar-refractivity contribution < 1.29 is 9.47 Å². The topological polar surface area (TPSA) is 39.2 Å². The Morgan fingerprint density at radius 2 is 2.33 bits per heavy atom. The molecule has 96 valence electrons. The molecule has 0 aliphatic carbocycles. The Morgan fingerprint density at radius 1 is 1.44 bits per heavy atom. The van der Waals surface area contributed by atoms with Crippen molar-refractivity contribution in [3.63, 3.8) is 0 Å². The lowest BCUT2D eigenvalue weighted by atomic mass is 10.3. The van der Waals surface area contributed by atoms with E-state index in [2.05, 4.69) is 4.98 Å². The summed E-state index contributed by atoms with van der Waals surface area (Å²) in [6.45, 7) is 2.59. The molecule has 0 saturated carbocycles. The highest BCUT2D eigenvalue weighted by atomic mass is 35.5. The number of imidazole rings is 1. The lowest BCUT2D eigenvalue weighted by molar-refractivity contribution is -0.0933. The SMILES string of the molecule is S=c1[nH]c2ccc(Cl)cc2n1CC1COCCO1. The largest absolute Gasteiger partial charge is 0.376 e. The standard InChI is InChI=1S/C12H13ClN2O2S/c13-8-1-2-10-11(5-8)15(12(18)14-10)6-9-7-16-3-4-17-9/h1-2,5,9H,3-4,6-7H2,(H,14,18). The molecule has 0 radical (unpaired) electrons. The minimum Gasteiger partial charge on any atom is -0.376 e. The van der Waals surface area contributed by atoms with Gasteiger partial charge in [0, 0.05) is 5.02 Å². The third-order valence-corrected chi connectivity index (χ3v) is 3.57. The smallest absolute Gasteiger partial charge is 0.178 e. The number of nitrogens with zero attached hydrogens (tertiary/aromatic N) is 1. The van der Waals surface area contributed by atoms with Gasteiger partial charge in [0.25, 0.3) is 0 Å². The molecule has 1 atom stereocenters. The van der Waals surface area contributed by atoms with Crippen molar-refractivity contribution in [3.8, 4) is 0 Å². The Kier molecular flexibility index (Phi) is 3.39. The van der Waals surface area contributed by atoms with Crippen LogP contribution in [0.2, 0.25) is 5.02 Å². The van der Waals surface area contributed by atoms with Crippen LogP contribution in [-0.2, 0) is 16.0 Å². The van der Waals surface area contributed by atoms with Crippen LogP contribution in [0.5, 0.6) is 0 Å². The van der Waals surface area contributed by atoms with Crippen LogP contribution >= 0.6 is 23.8 Å². The summed E-state index contributed by atoms with van der Waals surface area (Å²) in [5.41, 5.74) is 1.99. The highest BCUT2D eigenvalue weighted by molar-refractivity contribution is 7.71. The van der Waals surface area contributed by atoms with Crippen LogP contribution in [-0.4, -0.2) is 35.5 Å². The van der Waals surface area contributed by atoms with Crippen molar-refractivity contribution >= 4 is 34.9 Å². The molecule has 18 heavy (non-hydrogen) atoms. The van der Waals surface area contributed by atoms with E-state index >= 15 is 0 Å². The summed E-state index contributed by atoms with van der Waals surface area (Å²) >= 11 is 11.4. The van der Waals surface area contributed by atoms with Gasteiger partial charge in [0.15, 0.2) is 4.77 Å². The fraction of sp³-hybridized carbons (Fsp3) is 0.417. The van der Waals surface area contributed by atoms with Crippen LogP contribution in [0.4, 0.5) is 0 Å². The molecule has 1 N–H and O–H groups in total. The normalized spacial score (nSPS) is 20.4. The third kappa shape index (κ3) is 2.31. The maximum absolute atomic E-state index is 6.03.